The molecule has 5 N–H and O–H groups in total. The number of tetrazole rings is 1. The summed E-state index contributed by atoms with van der Waals surface area (Å²) in [5.41, 5.74) is 2.13. The van der Waals surface area contributed by atoms with Gasteiger partial charge in [-0.2, -0.15) is 5.21 Å². The number of imidazole rings is 1. The minimum absolute atomic E-state index is 0.0121. The number of aromatic nitrogens is 9. The highest BCUT2D eigenvalue weighted by Gasteiger charge is 1.99. The van der Waals surface area contributed by atoms with Crippen molar-refractivity contribution in [2.45, 2.75) is 13.0 Å². The van der Waals surface area contributed by atoms with Crippen LogP contribution in [0.4, 0.5) is 0 Å². The third-order valence-corrected chi connectivity index (χ3v) is 3.83. The topological polar surface area (TPSA) is 149 Å². The number of aryl methyl sites for hydroxylation is 2. The van der Waals surface area contributed by atoms with Crippen molar-refractivity contribution in [1.29, 1.82) is 0 Å². The highest BCUT2D eigenvalue weighted by atomic mass is 32.1. The molecule has 0 spiro atoms. The molecule has 4 rings (SSSR count). The number of aliphatic carboxylic acids is 1. The van der Waals surface area contributed by atoms with Gasteiger partial charge in [-0.3, -0.25) is 14.6 Å². The summed E-state index contributed by atoms with van der Waals surface area (Å²) < 4.78 is 4.57. The van der Waals surface area contributed by atoms with E-state index in [1.54, 1.807) is 11.0 Å². The SMILES string of the molecule is Cn1cnc(=S)[nH]1.O=C(O)CCn1[nH]nnc1=S.S=c1[nH]c2ccccc2[nH]1. The Hall–Kier alpha value is -2.97. The first-order valence-corrected chi connectivity index (χ1v) is 9.02. The van der Waals surface area contributed by atoms with E-state index < -0.39 is 5.97 Å². The lowest BCUT2D eigenvalue weighted by Gasteiger charge is -1.94. The Morgan fingerprint density at radius 3 is 2.21 bits per heavy atom. The number of carbonyl (C=O) groups is 1. The molecule has 28 heavy (non-hydrogen) atoms. The van der Waals surface area contributed by atoms with Crippen LogP contribution >= 0.6 is 36.7 Å². The quantitative estimate of drug-likeness (QED) is 0.306. The third kappa shape index (κ3) is 6.98. The smallest absolute Gasteiger partial charge is 0.305 e. The molecule has 0 aliphatic heterocycles. The molecule has 4 aromatic rings. The van der Waals surface area contributed by atoms with Gasteiger partial charge in [-0.1, -0.05) is 22.4 Å². The number of benzene rings is 1. The van der Waals surface area contributed by atoms with Crippen molar-refractivity contribution in [2.75, 3.05) is 0 Å². The number of aromatic amines is 4. The van der Waals surface area contributed by atoms with E-state index in [0.29, 0.717) is 9.54 Å². The fourth-order valence-electron chi connectivity index (χ4n) is 1.89. The number of hydrogen-bond acceptors (Lipinski definition) is 7. The number of nitrogens with one attached hydrogen (secondary N) is 4. The monoisotopic (exact) mass is 439 g/mol. The number of hydrogen-bond donors (Lipinski definition) is 5. The molecule has 14 heteroatoms. The van der Waals surface area contributed by atoms with E-state index in [4.69, 9.17) is 29.5 Å². The Labute approximate surface area is 173 Å². The molecule has 1 aromatic carbocycles. The van der Waals surface area contributed by atoms with Crippen LogP contribution in [0.3, 0.4) is 0 Å². The standard InChI is InChI=1S/C7H6N2S.C4H6N4O2S.C3H5N3S/c10-7-8-5-3-1-2-4-6(5)9-7;9-3(10)1-2-8-4(11)5-6-7-8;1-6-2-4-3(7)5-6/h1-4H,(H2,8,9,10);1-2H2,(H,9,10)(H,5,7,11);2H,1H3,(H,5,7). The molecule has 11 nitrogen and oxygen atoms in total. The van der Waals surface area contributed by atoms with Gasteiger partial charge in [0.15, 0.2) is 4.77 Å². The highest BCUT2D eigenvalue weighted by molar-refractivity contribution is 7.71. The molecule has 3 heterocycles. The van der Waals surface area contributed by atoms with Crippen molar-refractivity contribution in [3.63, 3.8) is 0 Å². The molecule has 0 amide bonds. The number of fused-ring (bicyclic) bond motifs is 1. The molecule has 3 aromatic heterocycles. The molecule has 0 aliphatic rings. The number of carboxylic acid groups (broad SMARTS) is 1. The molecule has 0 saturated carbocycles. The van der Waals surface area contributed by atoms with Crippen LogP contribution in [0.15, 0.2) is 30.6 Å². The summed E-state index contributed by atoms with van der Waals surface area (Å²) in [6, 6.07) is 7.92. The minimum Gasteiger partial charge on any atom is -0.481 e. The second-order valence-corrected chi connectivity index (χ2v) is 6.44. The van der Waals surface area contributed by atoms with Gasteiger partial charge >= 0.3 is 5.97 Å². The number of nitrogens with zero attached hydrogens (tertiary/aromatic N) is 5. The van der Waals surface area contributed by atoms with Gasteiger partial charge in [-0.25, -0.2) is 9.67 Å². The molecule has 0 fully saturated rings. The Morgan fingerprint density at radius 1 is 1.18 bits per heavy atom. The maximum atomic E-state index is 10.1. The zero-order valence-corrected chi connectivity index (χ0v) is 17.1. The Kier molecular flexibility index (Phi) is 7.91. The van der Waals surface area contributed by atoms with Gasteiger partial charge in [0.2, 0.25) is 9.54 Å². The first-order chi connectivity index (χ1) is 13.3. The largest absolute Gasteiger partial charge is 0.481 e. The summed E-state index contributed by atoms with van der Waals surface area (Å²) in [4.78, 5) is 19.9. The Morgan fingerprint density at radius 2 is 1.82 bits per heavy atom. The normalized spacial score (nSPS) is 9.89. The number of carboxylic acids is 1. The van der Waals surface area contributed by atoms with Gasteiger partial charge in [0.1, 0.15) is 6.33 Å². The zero-order chi connectivity index (χ0) is 20.5. The van der Waals surface area contributed by atoms with E-state index in [0.717, 1.165) is 11.0 Å². The lowest BCUT2D eigenvalue weighted by atomic mass is 10.3. The first kappa shape index (κ1) is 21.3. The molecule has 0 radical (unpaired) electrons. The van der Waals surface area contributed by atoms with Crippen molar-refractivity contribution in [3.05, 3.63) is 44.9 Å². The number of para-hydroxylation sites is 2. The molecule has 0 unspecified atom stereocenters. The molecule has 0 atom stereocenters. The summed E-state index contributed by atoms with van der Waals surface area (Å²) in [6.45, 7) is 0.279. The average Bonchev–Trinajstić information content (AvgIpc) is 3.33. The summed E-state index contributed by atoms with van der Waals surface area (Å²) in [7, 11) is 1.84. The van der Waals surface area contributed by atoms with Gasteiger partial charge < -0.3 is 15.1 Å². The molecule has 148 valence electrons. The fraction of sp³-hybridized carbons (Fsp3) is 0.214. The van der Waals surface area contributed by atoms with Crippen LogP contribution in [-0.4, -0.2) is 56.0 Å². The average molecular weight is 440 g/mol. The van der Waals surface area contributed by atoms with Crippen LogP contribution in [0, 0.1) is 14.3 Å². The second-order valence-electron chi connectivity index (χ2n) is 5.28. The van der Waals surface area contributed by atoms with Crippen molar-refractivity contribution < 1.29 is 9.90 Å². The molecule has 0 aliphatic carbocycles. The van der Waals surface area contributed by atoms with Crippen molar-refractivity contribution in [3.8, 4) is 0 Å². The van der Waals surface area contributed by atoms with Gasteiger partial charge in [0, 0.05) is 7.05 Å². The van der Waals surface area contributed by atoms with Gasteiger partial charge in [-0.05, 0) is 48.8 Å². The number of H-pyrrole nitrogens is 4. The van der Waals surface area contributed by atoms with E-state index in [9.17, 15) is 4.79 Å². The second kappa shape index (κ2) is 10.4. The molecular formula is C14H17N9O2S3. The van der Waals surface area contributed by atoms with Gasteiger partial charge in [-0.15, -0.1) is 0 Å². The van der Waals surface area contributed by atoms with E-state index >= 15 is 0 Å². The Bertz CT molecular complexity index is 1160. The molecular weight excluding hydrogens is 422 g/mol. The van der Waals surface area contributed by atoms with Crippen LogP contribution in [0.1, 0.15) is 6.42 Å². The van der Waals surface area contributed by atoms with E-state index in [1.807, 2.05) is 31.3 Å². The van der Waals surface area contributed by atoms with Gasteiger partial charge in [0.25, 0.3) is 0 Å². The Balaban J connectivity index is 0.000000154. The summed E-state index contributed by atoms with van der Waals surface area (Å²) in [5.74, 6) is -0.874. The lowest BCUT2D eigenvalue weighted by molar-refractivity contribution is -0.137. The third-order valence-electron chi connectivity index (χ3n) is 3.12. The van der Waals surface area contributed by atoms with Gasteiger partial charge in [0.05, 0.1) is 24.0 Å². The van der Waals surface area contributed by atoms with Crippen molar-refractivity contribution >= 4 is 53.7 Å². The maximum absolute atomic E-state index is 10.1. The maximum Gasteiger partial charge on any atom is 0.305 e. The minimum atomic E-state index is -0.874. The fourth-order valence-corrected chi connectivity index (χ4v) is 2.48. The molecule has 0 saturated heterocycles. The highest BCUT2D eigenvalue weighted by Crippen LogP contribution is 2.06. The summed E-state index contributed by atoms with van der Waals surface area (Å²) in [6.07, 6.45) is 1.64. The summed E-state index contributed by atoms with van der Waals surface area (Å²) in [5, 5.41) is 20.4. The summed E-state index contributed by atoms with van der Waals surface area (Å²) >= 11 is 14.2. The van der Waals surface area contributed by atoms with Crippen LogP contribution in [-0.2, 0) is 18.4 Å². The van der Waals surface area contributed by atoms with E-state index in [1.165, 1.54) is 4.68 Å². The van der Waals surface area contributed by atoms with Crippen LogP contribution in [0.25, 0.3) is 11.0 Å². The van der Waals surface area contributed by atoms with Crippen molar-refractivity contribution in [2.24, 2.45) is 7.05 Å². The predicted molar refractivity (Wildman–Crippen MR) is 109 cm³/mol. The van der Waals surface area contributed by atoms with Crippen LogP contribution < -0.4 is 0 Å². The van der Waals surface area contributed by atoms with E-state index in [-0.39, 0.29) is 17.7 Å². The predicted octanol–water partition coefficient (Wildman–Crippen LogP) is 2.51. The van der Waals surface area contributed by atoms with Crippen LogP contribution in [0.5, 0.6) is 0 Å². The molecule has 0 bridgehead atoms. The zero-order valence-electron chi connectivity index (χ0n) is 14.6. The van der Waals surface area contributed by atoms with Crippen molar-refractivity contribution in [1.82, 2.24) is 44.9 Å². The van der Waals surface area contributed by atoms with Crippen LogP contribution in [0.2, 0.25) is 0 Å². The lowest BCUT2D eigenvalue weighted by Crippen LogP contribution is -2.06. The van der Waals surface area contributed by atoms with E-state index in [2.05, 4.69) is 47.8 Å². The first-order valence-electron chi connectivity index (χ1n) is 7.79. The number of rotatable bonds is 3.